The first-order chi connectivity index (χ1) is 14.5. The van der Waals surface area contributed by atoms with Gasteiger partial charge < -0.3 is 9.47 Å². The number of fused-ring (bicyclic) bond motifs is 1. The van der Waals surface area contributed by atoms with Crippen LogP contribution in [0.3, 0.4) is 0 Å². The molecule has 0 atom stereocenters. The molecule has 30 heavy (non-hydrogen) atoms. The highest BCUT2D eigenvalue weighted by atomic mass is 32.2. The van der Waals surface area contributed by atoms with E-state index in [2.05, 4.69) is 0 Å². The molecule has 3 heterocycles. The first-order valence-electron chi connectivity index (χ1n) is 10.6. The summed E-state index contributed by atoms with van der Waals surface area (Å²) in [5.41, 5.74) is 1.80. The molecule has 158 valence electrons. The molecule has 2 fully saturated rings. The molecular weight excluding hydrogens is 398 g/mol. The number of carbonyl (C=O) groups is 3. The Morgan fingerprint density at radius 1 is 1.10 bits per heavy atom. The number of imide groups is 1. The maximum Gasteiger partial charge on any atom is 0.293 e. The zero-order valence-electron chi connectivity index (χ0n) is 17.5. The molecule has 6 nitrogen and oxygen atoms in total. The molecule has 1 aromatic carbocycles. The standard InChI is InChI=1S/C23H27N3O3S/c1-16(2)26-22(28)20(30-23(26)29)13-17-14-25(19-10-6-5-9-18(17)19)15-21(27)24-11-7-3-4-8-12-24/h5-6,9-10,13-14,16H,3-4,7-8,11-12,15H2,1-2H3. The van der Waals surface area contributed by atoms with E-state index < -0.39 is 0 Å². The zero-order valence-corrected chi connectivity index (χ0v) is 18.3. The minimum Gasteiger partial charge on any atom is -0.341 e. The zero-order chi connectivity index (χ0) is 21.3. The number of benzene rings is 1. The SMILES string of the molecule is CC(C)N1C(=O)SC(=Cc2cn(CC(=O)N3CCCCCC3)c3ccccc23)C1=O. The quantitative estimate of drug-likeness (QED) is 0.677. The number of aromatic nitrogens is 1. The lowest BCUT2D eigenvalue weighted by molar-refractivity contribution is -0.131. The molecular formula is C23H27N3O3S. The molecule has 0 unspecified atom stereocenters. The summed E-state index contributed by atoms with van der Waals surface area (Å²) in [6, 6.07) is 7.70. The third kappa shape index (κ3) is 4.03. The topological polar surface area (TPSA) is 62.6 Å². The van der Waals surface area contributed by atoms with E-state index in [0.29, 0.717) is 4.91 Å². The number of nitrogens with zero attached hydrogens (tertiary/aromatic N) is 3. The second-order valence-electron chi connectivity index (χ2n) is 8.17. The van der Waals surface area contributed by atoms with Gasteiger partial charge in [0, 0.05) is 41.8 Å². The minimum atomic E-state index is -0.252. The molecule has 0 N–H and O–H groups in total. The Morgan fingerprint density at radius 3 is 2.47 bits per heavy atom. The molecule has 1 aromatic heterocycles. The molecule has 2 saturated heterocycles. The molecule has 0 bridgehead atoms. The van der Waals surface area contributed by atoms with Crippen molar-refractivity contribution < 1.29 is 14.4 Å². The predicted molar refractivity (Wildman–Crippen MR) is 120 cm³/mol. The van der Waals surface area contributed by atoms with E-state index in [9.17, 15) is 14.4 Å². The van der Waals surface area contributed by atoms with E-state index in [1.165, 1.54) is 17.7 Å². The highest BCUT2D eigenvalue weighted by Gasteiger charge is 2.36. The van der Waals surface area contributed by atoms with Gasteiger partial charge in [0.2, 0.25) is 5.91 Å². The summed E-state index contributed by atoms with van der Waals surface area (Å²) >= 11 is 0.976. The Labute approximate surface area is 180 Å². The van der Waals surface area contributed by atoms with E-state index in [0.717, 1.165) is 54.2 Å². The summed E-state index contributed by atoms with van der Waals surface area (Å²) in [5, 5.41) is 0.735. The number of likely N-dealkylation sites (tertiary alicyclic amines) is 1. The fourth-order valence-electron chi connectivity index (χ4n) is 4.15. The summed E-state index contributed by atoms with van der Waals surface area (Å²) in [6.07, 6.45) is 8.20. The third-order valence-corrected chi connectivity index (χ3v) is 6.59. The number of thioether (sulfide) groups is 1. The number of hydrogen-bond acceptors (Lipinski definition) is 4. The normalized spacial score (nSPS) is 19.4. The Balaban J connectivity index is 1.64. The van der Waals surface area contributed by atoms with Crippen LogP contribution in [0.15, 0.2) is 35.4 Å². The monoisotopic (exact) mass is 425 g/mol. The van der Waals surface area contributed by atoms with Crippen LogP contribution in [0.1, 0.15) is 45.1 Å². The molecule has 0 radical (unpaired) electrons. The first kappa shape index (κ1) is 20.7. The van der Waals surface area contributed by atoms with Crippen molar-refractivity contribution in [2.75, 3.05) is 13.1 Å². The number of amides is 3. The number of carbonyl (C=O) groups excluding carboxylic acids is 3. The van der Waals surface area contributed by atoms with Gasteiger partial charge >= 0.3 is 0 Å². The summed E-state index contributed by atoms with van der Waals surface area (Å²) in [5.74, 6) is -0.123. The molecule has 0 saturated carbocycles. The van der Waals surface area contributed by atoms with Crippen molar-refractivity contribution in [1.29, 1.82) is 0 Å². The van der Waals surface area contributed by atoms with Crippen LogP contribution in [0.4, 0.5) is 4.79 Å². The lowest BCUT2D eigenvalue weighted by Crippen LogP contribution is -2.34. The average molecular weight is 426 g/mol. The minimum absolute atomic E-state index is 0.129. The fraction of sp³-hybridized carbons (Fsp3) is 0.435. The van der Waals surface area contributed by atoms with Crippen LogP contribution in [-0.4, -0.2) is 50.6 Å². The lowest BCUT2D eigenvalue weighted by Gasteiger charge is -2.20. The predicted octanol–water partition coefficient (Wildman–Crippen LogP) is 4.49. The number of rotatable bonds is 4. The fourth-order valence-corrected chi connectivity index (χ4v) is 5.10. The van der Waals surface area contributed by atoms with Crippen molar-refractivity contribution in [3.05, 3.63) is 40.9 Å². The van der Waals surface area contributed by atoms with Gasteiger partial charge in [-0.05, 0) is 50.6 Å². The molecule has 0 spiro atoms. The lowest BCUT2D eigenvalue weighted by atomic mass is 10.1. The van der Waals surface area contributed by atoms with E-state index in [1.54, 1.807) is 6.08 Å². The molecule has 7 heteroatoms. The Morgan fingerprint density at radius 2 is 1.80 bits per heavy atom. The van der Waals surface area contributed by atoms with Gasteiger partial charge in [-0.3, -0.25) is 19.3 Å². The second-order valence-corrected chi connectivity index (χ2v) is 9.16. The second kappa shape index (κ2) is 8.68. The van der Waals surface area contributed by atoms with Crippen LogP contribution >= 0.6 is 11.8 Å². The van der Waals surface area contributed by atoms with Gasteiger partial charge in [0.25, 0.3) is 11.1 Å². The van der Waals surface area contributed by atoms with Crippen molar-refractivity contribution >= 4 is 45.8 Å². The van der Waals surface area contributed by atoms with E-state index >= 15 is 0 Å². The van der Waals surface area contributed by atoms with Crippen molar-refractivity contribution in [3.63, 3.8) is 0 Å². The molecule has 4 rings (SSSR count). The van der Waals surface area contributed by atoms with Gasteiger partial charge in [-0.2, -0.15) is 0 Å². The van der Waals surface area contributed by atoms with Crippen molar-refractivity contribution in [2.45, 2.75) is 52.1 Å². The Bertz CT molecular complexity index is 1020. The van der Waals surface area contributed by atoms with Gasteiger partial charge in [0.15, 0.2) is 0 Å². The summed E-state index contributed by atoms with van der Waals surface area (Å²) in [7, 11) is 0. The molecule has 2 aliphatic rings. The van der Waals surface area contributed by atoms with Gasteiger partial charge in [-0.25, -0.2) is 0 Å². The van der Waals surface area contributed by atoms with Crippen LogP contribution < -0.4 is 0 Å². The van der Waals surface area contributed by atoms with Crippen LogP contribution in [-0.2, 0) is 16.1 Å². The Hall–Kier alpha value is -2.54. The van der Waals surface area contributed by atoms with Crippen LogP contribution in [0, 0.1) is 0 Å². The number of para-hydroxylation sites is 1. The molecule has 3 amide bonds. The van der Waals surface area contributed by atoms with E-state index in [-0.39, 0.29) is 29.6 Å². The van der Waals surface area contributed by atoms with Crippen LogP contribution in [0.2, 0.25) is 0 Å². The molecule has 0 aliphatic carbocycles. The van der Waals surface area contributed by atoms with E-state index in [1.807, 2.05) is 53.8 Å². The summed E-state index contributed by atoms with van der Waals surface area (Å²) in [4.78, 5) is 41.5. The van der Waals surface area contributed by atoms with Crippen molar-refractivity contribution in [2.24, 2.45) is 0 Å². The number of hydrogen-bond donors (Lipinski definition) is 0. The summed E-state index contributed by atoms with van der Waals surface area (Å²) < 4.78 is 1.96. The largest absolute Gasteiger partial charge is 0.341 e. The molecule has 2 aromatic rings. The average Bonchev–Trinajstić information content (AvgIpc) is 3.04. The Kier molecular flexibility index (Phi) is 5.99. The van der Waals surface area contributed by atoms with Gasteiger partial charge in [0.1, 0.15) is 6.54 Å². The van der Waals surface area contributed by atoms with Gasteiger partial charge in [-0.15, -0.1) is 0 Å². The van der Waals surface area contributed by atoms with Crippen molar-refractivity contribution in [1.82, 2.24) is 14.4 Å². The first-order valence-corrected chi connectivity index (χ1v) is 11.4. The molecule has 2 aliphatic heterocycles. The van der Waals surface area contributed by atoms with Crippen LogP contribution in [0.25, 0.3) is 17.0 Å². The smallest absolute Gasteiger partial charge is 0.293 e. The van der Waals surface area contributed by atoms with Crippen LogP contribution in [0.5, 0.6) is 0 Å². The maximum atomic E-state index is 12.9. The summed E-state index contributed by atoms with van der Waals surface area (Å²) in [6.45, 7) is 5.60. The highest BCUT2D eigenvalue weighted by molar-refractivity contribution is 8.18. The van der Waals surface area contributed by atoms with E-state index in [4.69, 9.17) is 0 Å². The van der Waals surface area contributed by atoms with Gasteiger partial charge in [-0.1, -0.05) is 31.0 Å². The van der Waals surface area contributed by atoms with Gasteiger partial charge in [0.05, 0.1) is 4.91 Å². The van der Waals surface area contributed by atoms with Crippen molar-refractivity contribution in [3.8, 4) is 0 Å². The third-order valence-electron chi connectivity index (χ3n) is 5.71. The highest BCUT2D eigenvalue weighted by Crippen LogP contribution is 2.35. The maximum absolute atomic E-state index is 12.9.